The molecular weight excluding hydrogens is 238 g/mol. The van der Waals surface area contributed by atoms with Crippen LogP contribution in [0.25, 0.3) is 0 Å². The summed E-state index contributed by atoms with van der Waals surface area (Å²) in [7, 11) is 1.39. The van der Waals surface area contributed by atoms with Crippen molar-refractivity contribution in [2.45, 2.75) is 6.92 Å². The van der Waals surface area contributed by atoms with Crippen molar-refractivity contribution in [3.8, 4) is 5.75 Å². The van der Waals surface area contributed by atoms with E-state index in [1.54, 1.807) is 6.92 Å². The molecule has 0 radical (unpaired) electrons. The Balaban J connectivity index is 3.03. The van der Waals surface area contributed by atoms with Crippen molar-refractivity contribution in [3.05, 3.63) is 46.0 Å². The summed E-state index contributed by atoms with van der Waals surface area (Å²) < 4.78 is 9.74. The van der Waals surface area contributed by atoms with Gasteiger partial charge >= 0.3 is 5.97 Å². The normalized spacial score (nSPS) is 9.67. The van der Waals surface area contributed by atoms with E-state index in [4.69, 9.17) is 9.47 Å². The third kappa shape index (κ3) is 3.31. The number of nitrogens with zero attached hydrogens (tertiary/aromatic N) is 1. The van der Waals surface area contributed by atoms with Gasteiger partial charge in [0.25, 0.3) is 5.69 Å². The van der Waals surface area contributed by atoms with E-state index in [1.807, 2.05) is 0 Å². The summed E-state index contributed by atoms with van der Waals surface area (Å²) >= 11 is 0. The highest BCUT2D eigenvalue weighted by atomic mass is 16.6. The Hall–Kier alpha value is -2.37. The van der Waals surface area contributed by atoms with Crippen LogP contribution in [0.1, 0.15) is 17.3 Å². The Kier molecular flexibility index (Phi) is 4.42. The average Bonchev–Trinajstić information content (AvgIpc) is 2.34. The molecule has 0 aliphatic heterocycles. The second-order valence-corrected chi connectivity index (χ2v) is 3.67. The van der Waals surface area contributed by atoms with Crippen LogP contribution in [0.4, 0.5) is 5.69 Å². The highest BCUT2D eigenvalue weighted by Crippen LogP contribution is 2.25. The minimum Gasteiger partial charge on any atom is -0.497 e. The number of rotatable bonds is 5. The summed E-state index contributed by atoms with van der Waals surface area (Å²) in [6.45, 7) is 5.29. The monoisotopic (exact) mass is 251 g/mol. The van der Waals surface area contributed by atoms with Crippen molar-refractivity contribution in [2.24, 2.45) is 0 Å². The molecule has 0 aliphatic carbocycles. The molecule has 0 bridgehead atoms. The Morgan fingerprint density at radius 3 is 2.67 bits per heavy atom. The highest BCUT2D eigenvalue weighted by molar-refractivity contribution is 5.94. The van der Waals surface area contributed by atoms with Gasteiger partial charge in [0, 0.05) is 0 Å². The number of esters is 1. The maximum absolute atomic E-state index is 11.7. The van der Waals surface area contributed by atoms with E-state index in [1.165, 1.54) is 25.3 Å². The third-order valence-electron chi connectivity index (χ3n) is 2.07. The first kappa shape index (κ1) is 13.7. The molecule has 1 rings (SSSR count). The van der Waals surface area contributed by atoms with E-state index in [2.05, 4.69) is 6.58 Å². The number of methoxy groups -OCH3 is 1. The molecule has 0 aromatic heterocycles. The molecule has 0 amide bonds. The maximum atomic E-state index is 11.7. The van der Waals surface area contributed by atoms with Gasteiger partial charge in [-0.3, -0.25) is 10.1 Å². The van der Waals surface area contributed by atoms with Crippen molar-refractivity contribution >= 4 is 11.7 Å². The fraction of sp³-hybridized carbons (Fsp3) is 0.250. The number of ether oxygens (including phenoxy) is 2. The van der Waals surface area contributed by atoms with Gasteiger partial charge in [0.2, 0.25) is 0 Å². The SMILES string of the molecule is C=C(C)COC(=O)c1ccc(OC)cc1[N+](=O)[O-]. The number of hydrogen-bond acceptors (Lipinski definition) is 5. The van der Waals surface area contributed by atoms with Crippen LogP contribution >= 0.6 is 0 Å². The lowest BCUT2D eigenvalue weighted by molar-refractivity contribution is -0.385. The Morgan fingerprint density at radius 1 is 1.50 bits per heavy atom. The van der Waals surface area contributed by atoms with Crippen LogP contribution in [0.2, 0.25) is 0 Å². The fourth-order valence-electron chi connectivity index (χ4n) is 1.23. The van der Waals surface area contributed by atoms with Gasteiger partial charge in [0.05, 0.1) is 18.1 Å². The molecule has 0 atom stereocenters. The molecule has 0 saturated heterocycles. The van der Waals surface area contributed by atoms with Crippen LogP contribution in [0.3, 0.4) is 0 Å². The van der Waals surface area contributed by atoms with Crippen molar-refractivity contribution in [1.82, 2.24) is 0 Å². The maximum Gasteiger partial charge on any atom is 0.345 e. The van der Waals surface area contributed by atoms with Crippen LogP contribution < -0.4 is 4.74 Å². The standard InChI is InChI=1S/C12H13NO5/c1-8(2)7-18-12(14)10-5-4-9(17-3)6-11(10)13(15)16/h4-6H,1,7H2,2-3H3. The van der Waals surface area contributed by atoms with Crippen molar-refractivity contribution in [2.75, 3.05) is 13.7 Å². The summed E-state index contributed by atoms with van der Waals surface area (Å²) in [5, 5.41) is 10.9. The second-order valence-electron chi connectivity index (χ2n) is 3.67. The number of nitro groups is 1. The van der Waals surface area contributed by atoms with Gasteiger partial charge in [0.15, 0.2) is 0 Å². The van der Waals surface area contributed by atoms with Gasteiger partial charge in [-0.05, 0) is 24.6 Å². The van der Waals surface area contributed by atoms with Crippen LogP contribution in [0, 0.1) is 10.1 Å². The number of carbonyl (C=O) groups excluding carboxylic acids is 1. The zero-order chi connectivity index (χ0) is 13.7. The predicted octanol–water partition coefficient (Wildman–Crippen LogP) is 2.34. The second kappa shape index (κ2) is 5.81. The van der Waals surface area contributed by atoms with E-state index in [0.717, 1.165) is 0 Å². The molecule has 6 nitrogen and oxygen atoms in total. The first-order valence-corrected chi connectivity index (χ1v) is 5.09. The lowest BCUT2D eigenvalue weighted by Crippen LogP contribution is -2.09. The van der Waals surface area contributed by atoms with Crippen LogP contribution in [-0.2, 0) is 4.74 Å². The molecule has 0 N–H and O–H groups in total. The van der Waals surface area contributed by atoms with Crippen molar-refractivity contribution in [3.63, 3.8) is 0 Å². The zero-order valence-corrected chi connectivity index (χ0v) is 10.1. The van der Waals surface area contributed by atoms with Gasteiger partial charge in [-0.2, -0.15) is 0 Å². The molecule has 0 heterocycles. The smallest absolute Gasteiger partial charge is 0.345 e. The molecule has 0 unspecified atom stereocenters. The summed E-state index contributed by atoms with van der Waals surface area (Å²) in [4.78, 5) is 21.9. The summed E-state index contributed by atoms with van der Waals surface area (Å²) in [5.41, 5.74) is 0.197. The summed E-state index contributed by atoms with van der Waals surface area (Å²) in [5.74, 6) is -0.453. The topological polar surface area (TPSA) is 78.7 Å². The molecule has 96 valence electrons. The van der Waals surface area contributed by atoms with Crippen molar-refractivity contribution < 1.29 is 19.2 Å². The minimum absolute atomic E-state index is 0.0298. The highest BCUT2D eigenvalue weighted by Gasteiger charge is 2.22. The van der Waals surface area contributed by atoms with Gasteiger partial charge in [-0.1, -0.05) is 6.58 Å². The lowest BCUT2D eigenvalue weighted by atomic mass is 10.1. The molecule has 0 aliphatic rings. The van der Waals surface area contributed by atoms with Crippen LogP contribution in [0.15, 0.2) is 30.4 Å². The average molecular weight is 251 g/mol. The van der Waals surface area contributed by atoms with E-state index in [-0.39, 0.29) is 17.9 Å². The summed E-state index contributed by atoms with van der Waals surface area (Å²) in [6.07, 6.45) is 0. The molecule has 0 spiro atoms. The fourth-order valence-corrected chi connectivity index (χ4v) is 1.23. The van der Waals surface area contributed by atoms with Crippen LogP contribution in [0.5, 0.6) is 5.75 Å². The van der Waals surface area contributed by atoms with Gasteiger partial charge in [-0.25, -0.2) is 4.79 Å². The predicted molar refractivity (Wildman–Crippen MR) is 64.7 cm³/mol. The molecule has 18 heavy (non-hydrogen) atoms. The number of carbonyl (C=O) groups is 1. The molecular formula is C12H13NO5. The first-order chi connectivity index (χ1) is 8.45. The lowest BCUT2D eigenvalue weighted by Gasteiger charge is -2.06. The van der Waals surface area contributed by atoms with Gasteiger partial charge < -0.3 is 9.47 Å². The zero-order valence-electron chi connectivity index (χ0n) is 10.1. The number of nitro benzene ring substituents is 1. The van der Waals surface area contributed by atoms with Gasteiger partial charge in [-0.15, -0.1) is 0 Å². The van der Waals surface area contributed by atoms with E-state index in [0.29, 0.717) is 11.3 Å². The molecule has 0 saturated carbocycles. The molecule has 6 heteroatoms. The van der Waals surface area contributed by atoms with Gasteiger partial charge in [0.1, 0.15) is 17.9 Å². The van der Waals surface area contributed by atoms with E-state index >= 15 is 0 Å². The number of benzene rings is 1. The van der Waals surface area contributed by atoms with E-state index < -0.39 is 10.9 Å². The summed E-state index contributed by atoms with van der Waals surface area (Å²) in [6, 6.07) is 3.94. The van der Waals surface area contributed by atoms with E-state index in [9.17, 15) is 14.9 Å². The molecule has 1 aromatic carbocycles. The molecule has 0 fully saturated rings. The Labute approximate surface area is 104 Å². The Morgan fingerprint density at radius 2 is 2.17 bits per heavy atom. The largest absolute Gasteiger partial charge is 0.497 e. The minimum atomic E-state index is -0.757. The van der Waals surface area contributed by atoms with Crippen molar-refractivity contribution in [1.29, 1.82) is 0 Å². The molecule has 1 aromatic rings. The third-order valence-corrected chi connectivity index (χ3v) is 2.07. The van der Waals surface area contributed by atoms with Crippen LogP contribution in [-0.4, -0.2) is 24.6 Å². The Bertz CT molecular complexity index is 495. The quantitative estimate of drug-likeness (QED) is 0.347. The first-order valence-electron chi connectivity index (χ1n) is 5.09. The number of hydrogen-bond donors (Lipinski definition) is 0.